The van der Waals surface area contributed by atoms with Crippen LogP contribution >= 0.6 is 0 Å². The van der Waals surface area contributed by atoms with Crippen LogP contribution in [0.4, 0.5) is 4.79 Å². The van der Waals surface area contributed by atoms with Crippen LogP contribution in [0.3, 0.4) is 0 Å². The lowest BCUT2D eigenvalue weighted by Gasteiger charge is -2.34. The average molecular weight is 375 g/mol. The van der Waals surface area contributed by atoms with Gasteiger partial charge < -0.3 is 10.2 Å². The molecule has 0 aliphatic carbocycles. The molecule has 144 valence electrons. The van der Waals surface area contributed by atoms with Gasteiger partial charge in [-0.15, -0.1) is 0 Å². The first-order valence-corrected chi connectivity index (χ1v) is 9.66. The highest BCUT2D eigenvalue weighted by Crippen LogP contribution is 2.10. The molecule has 2 heterocycles. The Labute approximate surface area is 165 Å². The van der Waals surface area contributed by atoms with Gasteiger partial charge in [-0.25, -0.2) is 9.48 Å². The van der Waals surface area contributed by atoms with E-state index < -0.39 is 0 Å². The van der Waals surface area contributed by atoms with Gasteiger partial charge in [-0.2, -0.15) is 5.10 Å². The molecular formula is C22H25N5O. The summed E-state index contributed by atoms with van der Waals surface area (Å²) < 4.78 is 1.82. The van der Waals surface area contributed by atoms with Gasteiger partial charge in [0.15, 0.2) is 0 Å². The summed E-state index contributed by atoms with van der Waals surface area (Å²) in [5.41, 5.74) is 3.31. The first-order valence-electron chi connectivity index (χ1n) is 9.66. The predicted molar refractivity (Wildman–Crippen MR) is 109 cm³/mol. The van der Waals surface area contributed by atoms with Crippen molar-refractivity contribution in [2.75, 3.05) is 26.2 Å². The van der Waals surface area contributed by atoms with E-state index in [0.29, 0.717) is 6.54 Å². The number of benzene rings is 2. The Balaban J connectivity index is 1.23. The normalized spacial score (nSPS) is 14.8. The van der Waals surface area contributed by atoms with Gasteiger partial charge in [0.25, 0.3) is 0 Å². The Morgan fingerprint density at radius 1 is 0.893 bits per heavy atom. The second-order valence-corrected chi connectivity index (χ2v) is 7.04. The summed E-state index contributed by atoms with van der Waals surface area (Å²) in [6, 6.07) is 20.4. The van der Waals surface area contributed by atoms with Crippen molar-refractivity contribution in [1.29, 1.82) is 0 Å². The van der Waals surface area contributed by atoms with Gasteiger partial charge >= 0.3 is 6.03 Å². The molecule has 1 N–H and O–H groups in total. The van der Waals surface area contributed by atoms with Crippen LogP contribution < -0.4 is 5.32 Å². The molecule has 0 bridgehead atoms. The Hall–Kier alpha value is -3.12. The largest absolute Gasteiger partial charge is 0.334 e. The molecular weight excluding hydrogens is 350 g/mol. The maximum absolute atomic E-state index is 12.5. The van der Waals surface area contributed by atoms with E-state index in [0.717, 1.165) is 44.0 Å². The van der Waals surface area contributed by atoms with Crippen LogP contribution in [-0.2, 0) is 13.1 Å². The number of nitrogens with zero attached hydrogens (tertiary/aromatic N) is 4. The van der Waals surface area contributed by atoms with Crippen LogP contribution in [0, 0.1) is 0 Å². The van der Waals surface area contributed by atoms with E-state index in [1.165, 1.54) is 5.56 Å². The van der Waals surface area contributed by atoms with Crippen molar-refractivity contribution >= 4 is 6.03 Å². The fraction of sp³-hybridized carbons (Fsp3) is 0.273. The molecule has 1 aliphatic heterocycles. The molecule has 6 nitrogen and oxygen atoms in total. The summed E-state index contributed by atoms with van der Waals surface area (Å²) in [5.74, 6) is 0. The fourth-order valence-corrected chi connectivity index (χ4v) is 3.41. The molecule has 2 aromatic carbocycles. The molecule has 6 heteroatoms. The number of amides is 2. The lowest BCUT2D eigenvalue weighted by molar-refractivity contribution is 0.135. The SMILES string of the molecule is O=C(NCc1cnn(-c2ccccc2)c1)N1CCN(Cc2ccccc2)CC1. The maximum Gasteiger partial charge on any atom is 0.317 e. The number of rotatable bonds is 5. The molecule has 28 heavy (non-hydrogen) atoms. The van der Waals surface area contributed by atoms with Crippen LogP contribution in [0.15, 0.2) is 73.1 Å². The van der Waals surface area contributed by atoms with Crippen molar-refractivity contribution in [3.05, 3.63) is 84.2 Å². The second kappa shape index (κ2) is 8.71. The van der Waals surface area contributed by atoms with Crippen LogP contribution in [0.1, 0.15) is 11.1 Å². The summed E-state index contributed by atoms with van der Waals surface area (Å²) in [6.45, 7) is 4.72. The number of hydrogen-bond donors (Lipinski definition) is 1. The molecule has 1 aromatic heterocycles. The first kappa shape index (κ1) is 18.3. The van der Waals surface area contributed by atoms with Crippen molar-refractivity contribution in [2.24, 2.45) is 0 Å². The van der Waals surface area contributed by atoms with Gasteiger partial charge in [-0.3, -0.25) is 4.90 Å². The zero-order valence-electron chi connectivity index (χ0n) is 15.9. The summed E-state index contributed by atoms with van der Waals surface area (Å²) in [7, 11) is 0. The highest BCUT2D eigenvalue weighted by atomic mass is 16.2. The molecule has 0 unspecified atom stereocenters. The summed E-state index contributed by atoms with van der Waals surface area (Å²) in [6.07, 6.45) is 3.75. The fourth-order valence-electron chi connectivity index (χ4n) is 3.41. The molecule has 0 saturated carbocycles. The standard InChI is InChI=1S/C22H25N5O/c28-22(23-15-20-16-24-27(18-20)21-9-5-2-6-10-21)26-13-11-25(12-14-26)17-19-7-3-1-4-8-19/h1-10,16,18H,11-15,17H2,(H,23,28). The lowest BCUT2D eigenvalue weighted by atomic mass is 10.2. The highest BCUT2D eigenvalue weighted by Gasteiger charge is 2.20. The predicted octanol–water partition coefficient (Wildman–Crippen LogP) is 2.90. The summed E-state index contributed by atoms with van der Waals surface area (Å²) >= 11 is 0. The van der Waals surface area contributed by atoms with E-state index in [4.69, 9.17) is 0 Å². The zero-order chi connectivity index (χ0) is 19.2. The molecule has 1 aliphatic rings. The van der Waals surface area contributed by atoms with Gasteiger partial charge in [-0.1, -0.05) is 48.5 Å². The molecule has 1 fully saturated rings. The van der Waals surface area contributed by atoms with Crippen LogP contribution in [0.2, 0.25) is 0 Å². The lowest BCUT2D eigenvalue weighted by Crippen LogP contribution is -2.51. The second-order valence-electron chi connectivity index (χ2n) is 7.04. The highest BCUT2D eigenvalue weighted by molar-refractivity contribution is 5.74. The van der Waals surface area contributed by atoms with Gasteiger partial charge in [-0.05, 0) is 17.7 Å². The summed E-state index contributed by atoms with van der Waals surface area (Å²) in [4.78, 5) is 16.8. The molecule has 3 aromatic rings. The van der Waals surface area contributed by atoms with Gasteiger partial charge in [0.05, 0.1) is 11.9 Å². The Bertz CT molecular complexity index is 886. The minimum atomic E-state index is -0.00757. The van der Waals surface area contributed by atoms with Crippen LogP contribution in [-0.4, -0.2) is 51.8 Å². The van der Waals surface area contributed by atoms with E-state index in [2.05, 4.69) is 39.6 Å². The molecule has 4 rings (SSSR count). The third kappa shape index (κ3) is 4.58. The average Bonchev–Trinajstić information content (AvgIpc) is 3.23. The van der Waals surface area contributed by atoms with Crippen molar-refractivity contribution in [2.45, 2.75) is 13.1 Å². The van der Waals surface area contributed by atoms with Gasteiger partial charge in [0.1, 0.15) is 0 Å². The van der Waals surface area contributed by atoms with E-state index in [1.807, 2.05) is 52.2 Å². The van der Waals surface area contributed by atoms with E-state index in [9.17, 15) is 4.79 Å². The van der Waals surface area contributed by atoms with E-state index in [-0.39, 0.29) is 6.03 Å². The third-order valence-corrected chi connectivity index (χ3v) is 5.01. The maximum atomic E-state index is 12.5. The van der Waals surface area contributed by atoms with Gasteiger partial charge in [0, 0.05) is 51.0 Å². The van der Waals surface area contributed by atoms with Crippen LogP contribution in [0.25, 0.3) is 5.69 Å². The zero-order valence-corrected chi connectivity index (χ0v) is 15.9. The monoisotopic (exact) mass is 375 g/mol. The van der Waals surface area contributed by atoms with E-state index >= 15 is 0 Å². The number of para-hydroxylation sites is 1. The Morgan fingerprint density at radius 3 is 2.29 bits per heavy atom. The van der Waals surface area contributed by atoms with Crippen molar-refractivity contribution < 1.29 is 4.79 Å². The molecule has 0 radical (unpaired) electrons. The Kier molecular flexibility index (Phi) is 5.68. The molecule has 0 spiro atoms. The first-order chi connectivity index (χ1) is 13.8. The molecule has 2 amide bonds. The Morgan fingerprint density at radius 2 is 1.57 bits per heavy atom. The number of urea groups is 1. The van der Waals surface area contributed by atoms with Crippen molar-refractivity contribution in [1.82, 2.24) is 24.9 Å². The smallest absolute Gasteiger partial charge is 0.317 e. The van der Waals surface area contributed by atoms with Crippen LogP contribution in [0.5, 0.6) is 0 Å². The number of carbonyl (C=O) groups is 1. The van der Waals surface area contributed by atoms with Crippen molar-refractivity contribution in [3.63, 3.8) is 0 Å². The van der Waals surface area contributed by atoms with Gasteiger partial charge in [0.2, 0.25) is 0 Å². The minimum absolute atomic E-state index is 0.00757. The summed E-state index contributed by atoms with van der Waals surface area (Å²) in [5, 5.41) is 7.38. The number of nitrogens with one attached hydrogen (secondary N) is 1. The number of aromatic nitrogens is 2. The third-order valence-electron chi connectivity index (χ3n) is 5.01. The molecule has 1 saturated heterocycles. The number of piperazine rings is 1. The number of carbonyl (C=O) groups excluding carboxylic acids is 1. The van der Waals surface area contributed by atoms with E-state index in [1.54, 1.807) is 6.20 Å². The number of hydrogen-bond acceptors (Lipinski definition) is 3. The van der Waals surface area contributed by atoms with Crippen molar-refractivity contribution in [3.8, 4) is 5.69 Å². The quantitative estimate of drug-likeness (QED) is 0.746. The topological polar surface area (TPSA) is 53.4 Å². The minimum Gasteiger partial charge on any atom is -0.334 e. The molecule has 0 atom stereocenters.